The topological polar surface area (TPSA) is 38.9 Å². The third kappa shape index (κ3) is 7.10. The molecule has 0 aliphatic heterocycles. The number of hydrogen-bond donors (Lipinski definition) is 0. The van der Waals surface area contributed by atoms with Gasteiger partial charge in [0, 0.05) is 0 Å². The minimum absolute atomic E-state index is 0.334. The molecule has 0 aliphatic carbocycles. The van der Waals surface area contributed by atoms with Crippen LogP contribution in [0.25, 0.3) is 22.9 Å². The molecule has 3 nitrogen and oxygen atoms in total. The van der Waals surface area contributed by atoms with E-state index in [1.807, 2.05) is 0 Å². The normalized spacial score (nSPS) is 10.7. The standard InChI is InChI=1S/C16H6N2O.8Ra.8H/c1-11-3-7-13(8-4-11)15-17-18-16(19-15)14-9-5-12(2)6-10-14;;;;;;;;;;;;;;;;/h1-2H3;;;;;;;;;;;;;;;;. The zero-order valence-corrected chi connectivity index (χ0v) is 84.1. The Morgan fingerprint density at radius 3 is 1.00 bits per heavy atom. The van der Waals surface area contributed by atoms with Crippen LogP contribution in [0.5, 0.6) is 0 Å². The summed E-state index contributed by atoms with van der Waals surface area (Å²) in [6, 6.07) is 0. The van der Waals surface area contributed by atoms with Gasteiger partial charge in [-0.1, -0.05) is 0 Å². The summed E-state index contributed by atoms with van der Waals surface area (Å²) < 4.78 is 20.3. The number of benzene rings is 2. The molecule has 110 valence electrons. The summed E-state index contributed by atoms with van der Waals surface area (Å²) >= 11 is 2.98. The first-order valence-electron chi connectivity index (χ1n) is 9.56. The maximum atomic E-state index is 6.51. The summed E-state index contributed by atoms with van der Waals surface area (Å²) in [6.07, 6.45) is 0. The predicted molar refractivity (Wildman–Crippen MR) is 82.9 cm³/mol. The molecule has 1 aromatic heterocycles. The molecule has 0 N–H and O–H groups in total. The van der Waals surface area contributed by atoms with Crippen LogP contribution in [-0.4, -0.2) is 10.2 Å². The molecule has 3 aromatic rings. The van der Waals surface area contributed by atoms with Gasteiger partial charge in [-0.25, -0.2) is 0 Å². The molecule has 0 fully saturated rings. The first-order chi connectivity index (χ1) is 12.6. The van der Waals surface area contributed by atoms with Crippen molar-refractivity contribution in [1.82, 2.24) is 10.2 Å². The second-order valence-corrected chi connectivity index (χ2v) is 40.8. The van der Waals surface area contributed by atoms with E-state index in [4.69, 9.17) is 4.42 Å². The summed E-state index contributed by atoms with van der Waals surface area (Å²) in [6.45, 7) is 4.79. The number of aromatic nitrogens is 2. The van der Waals surface area contributed by atoms with Crippen LogP contribution in [0.2, 0.25) is 0 Å². The Hall–Kier alpha value is 9.32. The number of rotatable bonds is 2. The molecule has 0 atom stereocenters. The fourth-order valence-electron chi connectivity index (χ4n) is 4.07. The van der Waals surface area contributed by atoms with Gasteiger partial charge < -0.3 is 0 Å². The van der Waals surface area contributed by atoms with Gasteiger partial charge in [0.25, 0.3) is 0 Å². The Morgan fingerprint density at radius 1 is 0.481 bits per heavy atom. The van der Waals surface area contributed by atoms with Gasteiger partial charge >= 0.3 is 410 Å². The van der Waals surface area contributed by atoms with E-state index >= 15 is 0 Å². The average Bonchev–Trinajstić information content (AvgIpc) is 3.11. The second-order valence-electron chi connectivity index (χ2n) is 7.91. The average molecular weight is 2060 g/mol. The molecule has 0 radical (unpaired) electrons. The summed E-state index contributed by atoms with van der Waals surface area (Å²) in [5.74, 6) is 1.78. The zero-order chi connectivity index (χ0) is 20.2. The molecule has 11 heteroatoms. The van der Waals surface area contributed by atoms with Crippen LogP contribution in [0, 0.1) is 356 Å². The van der Waals surface area contributed by atoms with Crippen molar-refractivity contribution < 1.29 is 347 Å². The van der Waals surface area contributed by atoms with E-state index in [2.05, 4.69) is 24.0 Å². The molecular formula is C16H14N2ORa8. The summed E-state index contributed by atoms with van der Waals surface area (Å²) in [7, 11) is 0. The van der Waals surface area contributed by atoms with Gasteiger partial charge in [0.1, 0.15) is 0 Å². The van der Waals surface area contributed by atoms with Crippen LogP contribution < -0.4 is 4.83 Å². The summed E-state index contributed by atoms with van der Waals surface area (Å²) in [4.78, 5) is 0. The van der Waals surface area contributed by atoms with Gasteiger partial charge in [0.15, 0.2) is 0 Å². The Bertz CT molecular complexity index is 951. The van der Waals surface area contributed by atoms with Crippen LogP contribution in [0.1, 0.15) is 11.1 Å². The van der Waals surface area contributed by atoms with E-state index < -0.39 is 0 Å². The Balaban J connectivity index is 2.25. The molecule has 0 spiro atoms. The fourth-order valence-corrected chi connectivity index (χ4v) is 64.0. The molecule has 0 aliphatic rings. The van der Waals surface area contributed by atoms with Crippen molar-refractivity contribution in [3.63, 3.8) is 0 Å². The molecular weight excluding hydrogens is 2040 g/mol. The predicted octanol–water partition coefficient (Wildman–Crippen LogP) is -4.72. The van der Waals surface area contributed by atoms with Crippen molar-refractivity contribution in [3.05, 3.63) is 11.1 Å². The van der Waals surface area contributed by atoms with Gasteiger partial charge in [-0.05, 0) is 0 Å². The molecule has 0 unspecified atom stereocenters. The molecule has 3 rings (SSSR count). The van der Waals surface area contributed by atoms with Gasteiger partial charge in [0.2, 0.25) is 0 Å². The van der Waals surface area contributed by atoms with E-state index in [0.717, 1.165) is 11.8 Å². The molecule has 0 saturated heterocycles. The third-order valence-corrected chi connectivity index (χ3v) is 120. The SMILES string of the molecule is Cc1[c]([RaH])[c]([RaH])c(-c2nnc(-c3[c]([RaH])[c]([RaH])c(C)[c]([RaH])[c]3[RaH])o2)[c]([RaH])[c]1[RaH]. The van der Waals surface area contributed by atoms with E-state index in [1.54, 1.807) is 16.0 Å². The molecule has 0 saturated carbocycles. The van der Waals surface area contributed by atoms with Crippen LogP contribution in [0.4, 0.5) is 0 Å². The monoisotopic (exact) mass is 2060 g/mol. The second kappa shape index (κ2) is 14.1. The molecule has 27 heavy (non-hydrogen) atoms. The molecule has 1 heterocycles. The first kappa shape index (κ1) is 30.9. The van der Waals surface area contributed by atoms with Crippen molar-refractivity contribution in [2.45, 2.75) is 13.8 Å². The van der Waals surface area contributed by atoms with Crippen LogP contribution >= 0.6 is 0 Å². The number of hydrogen-bond acceptors (Lipinski definition) is 3. The van der Waals surface area contributed by atoms with Crippen molar-refractivity contribution in [2.24, 2.45) is 0 Å². The first-order valence-corrected chi connectivity index (χ1v) is 42.4. The molecule has 0 bridgehead atoms. The molecule has 0 amide bonds. The van der Waals surface area contributed by atoms with Crippen LogP contribution in [-0.2, 0) is 0 Å². The van der Waals surface area contributed by atoms with Gasteiger partial charge in [0.05, 0.1) is 0 Å². The van der Waals surface area contributed by atoms with E-state index in [-0.39, 0.29) is 0 Å². The summed E-state index contributed by atoms with van der Waals surface area (Å²) in [5.41, 5.74) is 6.30. The summed E-state index contributed by atoms with van der Waals surface area (Å²) in [5, 5.41) is 9.31. The van der Waals surface area contributed by atoms with Crippen LogP contribution in [0.15, 0.2) is 4.42 Å². The maximum absolute atomic E-state index is 6.51. The number of nitrogens with zero attached hydrogens (tertiary/aromatic N) is 2. The van der Waals surface area contributed by atoms with Crippen molar-refractivity contribution >= 4 is 4.83 Å². The Morgan fingerprint density at radius 2 is 0.741 bits per heavy atom. The van der Waals surface area contributed by atoms with Crippen molar-refractivity contribution in [2.75, 3.05) is 0 Å². The fraction of sp³-hybridized carbons (Fsp3) is 0.125. The van der Waals surface area contributed by atoms with E-state index in [1.165, 1.54) is 11.1 Å². The minimum atomic E-state index is 0.334. The van der Waals surface area contributed by atoms with Gasteiger partial charge in [-0.2, -0.15) is 0 Å². The molecule has 2 aromatic carbocycles. The quantitative estimate of drug-likeness (QED) is 0.260. The van der Waals surface area contributed by atoms with Crippen molar-refractivity contribution in [1.29, 1.82) is 0 Å². The van der Waals surface area contributed by atoms with Gasteiger partial charge in [-0.3, -0.25) is 0 Å². The third-order valence-electron chi connectivity index (χ3n) is 6.85. The van der Waals surface area contributed by atoms with E-state index in [9.17, 15) is 0 Å². The Kier molecular flexibility index (Phi) is 16.1. The zero-order valence-electron chi connectivity index (χ0n) is 18.3. The van der Waals surface area contributed by atoms with Crippen LogP contribution in [0.3, 0.4) is 0 Å². The van der Waals surface area contributed by atoms with Crippen molar-refractivity contribution in [3.8, 4) is 22.9 Å². The Labute approximate surface area is 394 Å². The van der Waals surface area contributed by atoms with E-state index in [0.29, 0.717) is 342 Å². The van der Waals surface area contributed by atoms with Gasteiger partial charge in [-0.15, -0.1) is 0 Å².